The Bertz CT molecular complexity index is 940. The van der Waals surface area contributed by atoms with Gasteiger partial charge in [-0.15, -0.1) is 0 Å². The summed E-state index contributed by atoms with van der Waals surface area (Å²) >= 11 is 0. The van der Waals surface area contributed by atoms with Crippen molar-refractivity contribution in [3.05, 3.63) is 35.4 Å². The largest absolute Gasteiger partial charge is 0.473 e. The summed E-state index contributed by atoms with van der Waals surface area (Å²) in [6, 6.07) is 4.14. The molecule has 3 N–H and O–H groups in total. The number of carboxylic acids is 2. The summed E-state index contributed by atoms with van der Waals surface area (Å²) < 4.78 is 44.3. The number of nitrogens with one attached hydrogen (secondary N) is 1. The Labute approximate surface area is 212 Å². The van der Waals surface area contributed by atoms with Crippen LogP contribution in [-0.2, 0) is 25.3 Å². The van der Waals surface area contributed by atoms with E-state index >= 15 is 0 Å². The van der Waals surface area contributed by atoms with E-state index in [0.29, 0.717) is 19.4 Å². The summed E-state index contributed by atoms with van der Waals surface area (Å²) in [5.74, 6) is -3.98. The van der Waals surface area contributed by atoms with Crippen LogP contribution in [0.2, 0.25) is 0 Å². The van der Waals surface area contributed by atoms with Crippen LogP contribution in [0.1, 0.15) is 48.0 Å². The second kappa shape index (κ2) is 13.9. The number of piperidine rings is 1. The molecule has 0 aliphatic carbocycles. The minimum atomic E-state index is -4.49. The number of amides is 2. The third kappa shape index (κ3) is 9.65. The maximum atomic E-state index is 12.9. The van der Waals surface area contributed by atoms with E-state index in [0.717, 1.165) is 57.6 Å². The molecule has 2 aliphatic heterocycles. The normalized spacial score (nSPS) is 20.1. The number of carbonyl (C=O) groups excluding carboxylic acids is 2. The van der Waals surface area contributed by atoms with Gasteiger partial charge in [-0.1, -0.05) is 6.07 Å². The highest BCUT2D eigenvalue weighted by Crippen LogP contribution is 2.29. The first-order chi connectivity index (χ1) is 17.4. The van der Waals surface area contributed by atoms with E-state index < -0.39 is 29.6 Å². The number of nitrogens with zero attached hydrogens (tertiary/aromatic N) is 2. The van der Waals surface area contributed by atoms with Crippen LogP contribution in [0.4, 0.5) is 13.2 Å². The van der Waals surface area contributed by atoms with Crippen LogP contribution < -0.4 is 5.32 Å². The molecule has 2 heterocycles. The van der Waals surface area contributed by atoms with Crippen LogP contribution in [0.5, 0.6) is 0 Å². The topological polar surface area (TPSA) is 136 Å². The highest BCUT2D eigenvalue weighted by Gasteiger charge is 2.33. The SMILES string of the molecule is CO[C@H]1CN(CCCC(=O)N2CCCC2)CC[C@H]1NC(=O)c1cccc(C(F)(F)F)c1.O=C(O)C(=O)O. The molecule has 0 saturated carbocycles. The lowest BCUT2D eigenvalue weighted by atomic mass is 10.00. The van der Waals surface area contributed by atoms with Gasteiger partial charge in [0, 0.05) is 45.3 Å². The summed E-state index contributed by atoms with van der Waals surface area (Å²) in [7, 11) is 1.56. The van der Waals surface area contributed by atoms with Gasteiger partial charge in [-0.05, 0) is 50.4 Å². The molecule has 0 radical (unpaired) electrons. The van der Waals surface area contributed by atoms with Crippen molar-refractivity contribution in [1.82, 2.24) is 15.1 Å². The molecule has 2 atom stereocenters. The quantitative estimate of drug-likeness (QED) is 0.455. The number of hydrogen-bond donors (Lipinski definition) is 3. The molecule has 206 valence electrons. The lowest BCUT2D eigenvalue weighted by Crippen LogP contribution is -2.55. The average molecular weight is 532 g/mol. The van der Waals surface area contributed by atoms with Crippen LogP contribution in [0.3, 0.4) is 0 Å². The van der Waals surface area contributed by atoms with E-state index in [2.05, 4.69) is 10.2 Å². The fraction of sp³-hybridized carbons (Fsp3) is 0.583. The molecule has 0 unspecified atom stereocenters. The molecular weight excluding hydrogens is 499 g/mol. The van der Waals surface area contributed by atoms with Crippen molar-refractivity contribution in [2.75, 3.05) is 39.8 Å². The Morgan fingerprint density at radius 1 is 1.08 bits per heavy atom. The highest BCUT2D eigenvalue weighted by atomic mass is 19.4. The molecule has 0 bridgehead atoms. The van der Waals surface area contributed by atoms with Crippen molar-refractivity contribution >= 4 is 23.8 Å². The number of ether oxygens (including phenoxy) is 1. The Balaban J connectivity index is 0.000000717. The number of alkyl halides is 3. The smallest absolute Gasteiger partial charge is 0.416 e. The Kier molecular flexibility index (Phi) is 11.3. The van der Waals surface area contributed by atoms with Gasteiger partial charge < -0.3 is 30.1 Å². The first-order valence-electron chi connectivity index (χ1n) is 11.9. The predicted molar refractivity (Wildman–Crippen MR) is 125 cm³/mol. The number of likely N-dealkylation sites (tertiary alicyclic amines) is 2. The number of hydrogen-bond acceptors (Lipinski definition) is 6. The zero-order chi connectivity index (χ0) is 27.6. The van der Waals surface area contributed by atoms with E-state index in [9.17, 15) is 22.8 Å². The van der Waals surface area contributed by atoms with Crippen LogP contribution in [-0.4, -0.2) is 95.7 Å². The summed E-state index contributed by atoms with van der Waals surface area (Å²) in [5.41, 5.74) is -0.866. The second-order valence-corrected chi connectivity index (χ2v) is 8.82. The van der Waals surface area contributed by atoms with E-state index in [4.69, 9.17) is 24.5 Å². The summed E-state index contributed by atoms with van der Waals surface area (Å²) in [5, 5.41) is 17.6. The minimum Gasteiger partial charge on any atom is -0.473 e. The number of methoxy groups -OCH3 is 1. The molecule has 2 aliphatic rings. The van der Waals surface area contributed by atoms with Gasteiger partial charge in [0.25, 0.3) is 5.91 Å². The fourth-order valence-corrected chi connectivity index (χ4v) is 4.25. The van der Waals surface area contributed by atoms with Gasteiger partial charge in [-0.2, -0.15) is 13.2 Å². The first-order valence-corrected chi connectivity index (χ1v) is 11.9. The lowest BCUT2D eigenvalue weighted by Gasteiger charge is -2.38. The molecule has 2 saturated heterocycles. The Hall–Kier alpha value is -3.19. The number of benzene rings is 1. The van der Waals surface area contributed by atoms with Gasteiger partial charge in [-0.25, -0.2) is 9.59 Å². The van der Waals surface area contributed by atoms with E-state index in [1.807, 2.05) is 4.90 Å². The standard InChI is InChI=1S/C22H30F3N3O3.C2H2O4/c1-31-19-15-27(10-5-8-20(29)28-11-2-3-12-28)13-9-18(19)26-21(30)16-6-4-7-17(14-16)22(23,24)25;3-1(4)2(5)6/h4,6-7,14,18-19H,2-3,5,8-13,15H2,1H3,(H,26,30);(H,3,4)(H,5,6)/t18-,19+;/m1./s1. The lowest BCUT2D eigenvalue weighted by molar-refractivity contribution is -0.159. The van der Waals surface area contributed by atoms with Crippen molar-refractivity contribution in [3.63, 3.8) is 0 Å². The third-order valence-electron chi connectivity index (χ3n) is 6.22. The second-order valence-electron chi connectivity index (χ2n) is 8.82. The average Bonchev–Trinajstić information content (AvgIpc) is 3.40. The van der Waals surface area contributed by atoms with Crippen LogP contribution >= 0.6 is 0 Å². The number of aliphatic carboxylic acids is 2. The van der Waals surface area contributed by atoms with Crippen molar-refractivity contribution in [2.45, 2.75) is 50.4 Å². The highest BCUT2D eigenvalue weighted by molar-refractivity contribution is 6.27. The predicted octanol–water partition coefficient (Wildman–Crippen LogP) is 2.08. The maximum absolute atomic E-state index is 12.9. The van der Waals surface area contributed by atoms with Crippen LogP contribution in [0.15, 0.2) is 24.3 Å². The van der Waals surface area contributed by atoms with Crippen molar-refractivity contribution in [3.8, 4) is 0 Å². The fourth-order valence-electron chi connectivity index (χ4n) is 4.25. The van der Waals surface area contributed by atoms with E-state index in [1.54, 1.807) is 7.11 Å². The number of carbonyl (C=O) groups is 4. The minimum absolute atomic E-state index is 0.0208. The summed E-state index contributed by atoms with van der Waals surface area (Å²) in [4.78, 5) is 47.0. The van der Waals surface area contributed by atoms with Crippen molar-refractivity contribution in [1.29, 1.82) is 0 Å². The molecule has 37 heavy (non-hydrogen) atoms. The van der Waals surface area contributed by atoms with Gasteiger partial charge >= 0.3 is 18.1 Å². The molecule has 10 nitrogen and oxygen atoms in total. The number of halogens is 3. The van der Waals surface area contributed by atoms with Crippen molar-refractivity contribution in [2.24, 2.45) is 0 Å². The van der Waals surface area contributed by atoms with Crippen LogP contribution in [0.25, 0.3) is 0 Å². The molecule has 1 aromatic carbocycles. The summed E-state index contributed by atoms with van der Waals surface area (Å²) in [6.45, 7) is 3.82. The van der Waals surface area contributed by atoms with Gasteiger partial charge in [0.1, 0.15) is 0 Å². The molecular formula is C24H32F3N3O7. The molecule has 0 aromatic heterocycles. The molecule has 2 amide bonds. The zero-order valence-corrected chi connectivity index (χ0v) is 20.5. The Morgan fingerprint density at radius 2 is 1.73 bits per heavy atom. The molecule has 1 aromatic rings. The number of rotatable bonds is 7. The van der Waals surface area contributed by atoms with Crippen LogP contribution in [0, 0.1) is 0 Å². The Morgan fingerprint density at radius 3 is 2.30 bits per heavy atom. The molecule has 2 fully saturated rings. The van der Waals surface area contributed by atoms with Gasteiger partial charge in [0.15, 0.2) is 0 Å². The van der Waals surface area contributed by atoms with Gasteiger partial charge in [0.2, 0.25) is 5.91 Å². The molecule has 3 rings (SSSR count). The summed E-state index contributed by atoms with van der Waals surface area (Å²) in [6.07, 6.45) is -0.660. The number of carboxylic acid groups (broad SMARTS) is 2. The van der Waals surface area contributed by atoms with Gasteiger partial charge in [-0.3, -0.25) is 9.59 Å². The van der Waals surface area contributed by atoms with E-state index in [-0.39, 0.29) is 23.6 Å². The van der Waals surface area contributed by atoms with Gasteiger partial charge in [0.05, 0.1) is 17.7 Å². The zero-order valence-electron chi connectivity index (χ0n) is 20.5. The monoisotopic (exact) mass is 531 g/mol. The maximum Gasteiger partial charge on any atom is 0.416 e. The third-order valence-corrected chi connectivity index (χ3v) is 6.22. The van der Waals surface area contributed by atoms with E-state index in [1.165, 1.54) is 12.1 Å². The van der Waals surface area contributed by atoms with Crippen molar-refractivity contribution < 1.29 is 47.3 Å². The molecule has 13 heteroatoms. The molecule has 0 spiro atoms. The first kappa shape index (κ1) is 30.0.